The maximum atomic E-state index is 7.50. The zero-order valence-corrected chi connectivity index (χ0v) is 14.4. The molecule has 12 N–H and O–H groups in total. The van der Waals surface area contributed by atoms with Crippen molar-refractivity contribution in [3.8, 4) is 0 Å². The summed E-state index contributed by atoms with van der Waals surface area (Å²) in [4.78, 5) is 0. The van der Waals surface area contributed by atoms with E-state index in [9.17, 15) is 0 Å². The van der Waals surface area contributed by atoms with E-state index >= 15 is 0 Å². The van der Waals surface area contributed by atoms with Crippen molar-refractivity contribution in [3.63, 3.8) is 0 Å². The van der Waals surface area contributed by atoms with Gasteiger partial charge in [0.25, 0.3) is 0 Å². The van der Waals surface area contributed by atoms with Gasteiger partial charge < -0.3 is 45.0 Å². The predicted octanol–water partition coefficient (Wildman–Crippen LogP) is -2.27. The van der Waals surface area contributed by atoms with Crippen LogP contribution in [-0.2, 0) is 43.4 Å². The van der Waals surface area contributed by atoms with E-state index < -0.39 is 0 Å². The van der Waals surface area contributed by atoms with Gasteiger partial charge in [-0.05, 0) is 6.92 Å². The molecule has 0 saturated carbocycles. The second-order valence-corrected chi connectivity index (χ2v) is 2.19. The van der Waals surface area contributed by atoms with E-state index in [4.69, 9.17) is 39.9 Å². The molecule has 18 heavy (non-hydrogen) atoms. The minimum atomic E-state index is 0. The van der Waals surface area contributed by atoms with Gasteiger partial charge in [0.2, 0.25) is 0 Å². The quantitative estimate of drug-likeness (QED) is 0.248. The molecular formula is C8H29N8Ti2+7. The third-order valence-corrected chi connectivity index (χ3v) is 0.641. The molecular weight excluding hydrogens is 304 g/mol. The first kappa shape index (κ1) is 36.4. The Morgan fingerprint density at radius 3 is 0.778 bits per heavy atom. The second-order valence-electron chi connectivity index (χ2n) is 2.19. The van der Waals surface area contributed by atoms with Crippen molar-refractivity contribution in [3.05, 3.63) is 5.53 Å². The van der Waals surface area contributed by atoms with E-state index in [0.717, 1.165) is 0 Å². The van der Waals surface area contributed by atoms with Gasteiger partial charge in [-0.3, -0.25) is 0 Å². The number of hydrogen-bond donors (Lipinski definition) is 6. The van der Waals surface area contributed by atoms with Gasteiger partial charge in [0.15, 0.2) is 0 Å². The summed E-state index contributed by atoms with van der Waals surface area (Å²) in [5.41, 5.74) is 36.9. The van der Waals surface area contributed by atoms with Gasteiger partial charge >= 0.3 is 43.4 Å². The average Bonchev–Trinajstić information content (AvgIpc) is 2.39. The molecule has 0 aliphatic heterocycles. The zero-order valence-electron chi connectivity index (χ0n) is 11.3. The van der Waals surface area contributed by atoms with Crippen LogP contribution >= 0.6 is 0 Å². The molecule has 0 heterocycles. The molecule has 0 fully saturated rings. The van der Waals surface area contributed by atoms with Crippen LogP contribution in [0, 0.1) is 0 Å². The third kappa shape index (κ3) is 183. The SMILES string of the molecule is CCN=[N-].NCCN.NCCN.NCCN.[Ti+4].[Ti+4]. The van der Waals surface area contributed by atoms with E-state index in [1.165, 1.54) is 0 Å². The Morgan fingerprint density at radius 2 is 0.778 bits per heavy atom. The van der Waals surface area contributed by atoms with Crippen molar-refractivity contribution in [2.75, 3.05) is 45.8 Å². The molecule has 8 nitrogen and oxygen atoms in total. The summed E-state index contributed by atoms with van der Waals surface area (Å²) in [5, 5.41) is 2.74. The van der Waals surface area contributed by atoms with Crippen molar-refractivity contribution in [1.29, 1.82) is 0 Å². The molecule has 0 aliphatic rings. The van der Waals surface area contributed by atoms with Gasteiger partial charge in [-0.25, -0.2) is 0 Å². The Bertz CT molecular complexity index is 74.0. The summed E-state index contributed by atoms with van der Waals surface area (Å²) in [6.07, 6.45) is 0. The van der Waals surface area contributed by atoms with E-state index in [1.54, 1.807) is 6.92 Å². The second kappa shape index (κ2) is 64.9. The van der Waals surface area contributed by atoms with Gasteiger partial charge in [0.05, 0.1) is 0 Å². The van der Waals surface area contributed by atoms with E-state index in [0.29, 0.717) is 45.8 Å². The van der Waals surface area contributed by atoms with Crippen LogP contribution in [0.4, 0.5) is 0 Å². The Labute approximate surface area is 141 Å². The number of rotatable bonds is 4. The molecule has 102 valence electrons. The summed E-state index contributed by atoms with van der Waals surface area (Å²) in [6, 6.07) is 0. The molecule has 0 saturated heterocycles. The average molecular weight is 333 g/mol. The van der Waals surface area contributed by atoms with E-state index in [-0.39, 0.29) is 43.4 Å². The van der Waals surface area contributed by atoms with Crippen LogP contribution in [-0.4, -0.2) is 45.8 Å². The standard InChI is InChI=1S/C2H5N2.3C2H8N2.2Ti/c1-2-4-3;3*3-1-2-4;;/h2H2,1H3;3*1-4H2;;/q-1;;;;2*+4. The molecule has 10 heteroatoms. The van der Waals surface area contributed by atoms with Crippen LogP contribution in [0.3, 0.4) is 0 Å². The molecule has 0 aromatic rings. The molecule has 0 unspecified atom stereocenters. The van der Waals surface area contributed by atoms with Crippen LogP contribution in [0.1, 0.15) is 6.92 Å². The molecule has 0 amide bonds. The summed E-state index contributed by atoms with van der Waals surface area (Å²) in [7, 11) is 0. The minimum absolute atomic E-state index is 0. The fraction of sp³-hybridized carbons (Fsp3) is 1.00. The molecule has 0 rings (SSSR count). The van der Waals surface area contributed by atoms with Gasteiger partial charge in [0, 0.05) is 45.8 Å². The maximum Gasteiger partial charge on any atom is 4.00 e. The van der Waals surface area contributed by atoms with Crippen LogP contribution in [0.5, 0.6) is 0 Å². The fourth-order valence-corrected chi connectivity index (χ4v) is 0. The summed E-state index contributed by atoms with van der Waals surface area (Å²) >= 11 is 0. The van der Waals surface area contributed by atoms with E-state index in [1.807, 2.05) is 0 Å². The maximum absolute atomic E-state index is 7.50. The molecule has 0 atom stereocenters. The van der Waals surface area contributed by atoms with Crippen LogP contribution in [0.15, 0.2) is 5.11 Å². The first-order valence-electron chi connectivity index (χ1n) is 5.17. The van der Waals surface area contributed by atoms with Crippen LogP contribution < -0.4 is 34.4 Å². The van der Waals surface area contributed by atoms with Crippen LogP contribution in [0.2, 0.25) is 0 Å². The van der Waals surface area contributed by atoms with Crippen molar-refractivity contribution >= 4 is 0 Å². The largest absolute Gasteiger partial charge is 4.00 e. The minimum Gasteiger partial charge on any atom is -0.712 e. The fourth-order valence-electron chi connectivity index (χ4n) is 0. The molecule has 0 spiro atoms. The molecule has 0 aromatic carbocycles. The first-order chi connectivity index (χ1) is 7.66. The summed E-state index contributed by atoms with van der Waals surface area (Å²) < 4.78 is 0. The topological polar surface area (TPSA) is 191 Å². The smallest absolute Gasteiger partial charge is 0.712 e. The Kier molecular flexibility index (Phi) is 131. The molecule has 0 aromatic heterocycles. The Balaban J connectivity index is -0.0000000257. The monoisotopic (exact) mass is 333 g/mol. The number of hydrogen-bond acceptors (Lipinski definition) is 7. The van der Waals surface area contributed by atoms with Crippen molar-refractivity contribution in [1.82, 2.24) is 0 Å². The molecule has 0 radical (unpaired) electrons. The van der Waals surface area contributed by atoms with Crippen LogP contribution in [0.25, 0.3) is 5.53 Å². The third-order valence-electron chi connectivity index (χ3n) is 0.641. The van der Waals surface area contributed by atoms with Gasteiger partial charge in [-0.1, -0.05) is 0 Å². The van der Waals surface area contributed by atoms with Crippen molar-refractivity contribution in [2.45, 2.75) is 6.92 Å². The van der Waals surface area contributed by atoms with Gasteiger partial charge in [-0.2, -0.15) is 0 Å². The zero-order chi connectivity index (χ0) is 13.7. The van der Waals surface area contributed by atoms with Crippen molar-refractivity contribution in [2.24, 2.45) is 39.5 Å². The summed E-state index contributed by atoms with van der Waals surface area (Å²) in [5.74, 6) is 0. The van der Waals surface area contributed by atoms with Gasteiger partial charge in [-0.15, -0.1) is 0 Å². The normalized spacial score (nSPS) is 6.39. The first-order valence-corrected chi connectivity index (χ1v) is 5.17. The summed E-state index contributed by atoms with van der Waals surface area (Å²) in [6.45, 7) is 5.85. The van der Waals surface area contributed by atoms with Gasteiger partial charge in [0.1, 0.15) is 0 Å². The van der Waals surface area contributed by atoms with E-state index in [2.05, 4.69) is 5.11 Å². The molecule has 0 bridgehead atoms. The number of nitrogens with two attached hydrogens (primary N) is 6. The number of nitrogens with zero attached hydrogens (tertiary/aromatic N) is 2. The Morgan fingerprint density at radius 1 is 0.667 bits per heavy atom. The molecule has 0 aliphatic carbocycles. The van der Waals surface area contributed by atoms with Crippen molar-refractivity contribution < 1.29 is 43.4 Å². The Hall–Kier alpha value is 0.789. The predicted molar refractivity (Wildman–Crippen MR) is 70.7 cm³/mol.